The van der Waals surface area contributed by atoms with Gasteiger partial charge in [-0.1, -0.05) is 34.8 Å². The monoisotopic (exact) mass is 306 g/mol. The highest BCUT2D eigenvalue weighted by Crippen LogP contribution is 2.31. The molecule has 0 unspecified atom stereocenters. The van der Waals surface area contributed by atoms with E-state index in [1.807, 2.05) is 35.1 Å². The summed E-state index contributed by atoms with van der Waals surface area (Å²) in [6, 6.07) is 8.39. The molecule has 1 aromatic carbocycles. The topological polar surface area (TPSA) is 27.1 Å². The van der Waals surface area contributed by atoms with Gasteiger partial charge < -0.3 is 4.74 Å². The molecule has 0 aliphatic heterocycles. The number of aromatic nitrogens is 2. The number of rotatable bonds is 3. The van der Waals surface area contributed by atoms with Gasteiger partial charge in [0.25, 0.3) is 0 Å². The SMILES string of the molecule is Brc1cccc(Oc2cnn(C3CCCC3)c2)c1. The number of hydrogen-bond acceptors (Lipinski definition) is 2. The van der Waals surface area contributed by atoms with E-state index in [0.717, 1.165) is 16.0 Å². The molecule has 1 aliphatic carbocycles. The highest BCUT2D eigenvalue weighted by Gasteiger charge is 2.17. The first-order valence-corrected chi connectivity index (χ1v) is 7.08. The molecule has 1 saturated carbocycles. The van der Waals surface area contributed by atoms with Crippen LogP contribution in [0, 0.1) is 0 Å². The number of nitrogens with zero attached hydrogens (tertiary/aromatic N) is 2. The molecular formula is C14H15BrN2O. The Morgan fingerprint density at radius 2 is 2.06 bits per heavy atom. The molecule has 1 aliphatic rings. The Hall–Kier alpha value is -1.29. The number of ether oxygens (including phenoxy) is 1. The maximum atomic E-state index is 5.79. The van der Waals surface area contributed by atoms with Gasteiger partial charge >= 0.3 is 0 Å². The van der Waals surface area contributed by atoms with Crippen molar-refractivity contribution in [3.05, 3.63) is 41.1 Å². The molecule has 0 atom stereocenters. The quantitative estimate of drug-likeness (QED) is 0.831. The van der Waals surface area contributed by atoms with Crippen molar-refractivity contribution in [2.75, 3.05) is 0 Å². The molecule has 1 aromatic heterocycles. The molecule has 3 rings (SSSR count). The van der Waals surface area contributed by atoms with E-state index in [-0.39, 0.29) is 0 Å². The van der Waals surface area contributed by atoms with E-state index in [0.29, 0.717) is 6.04 Å². The van der Waals surface area contributed by atoms with Gasteiger partial charge in [0.2, 0.25) is 0 Å². The minimum atomic E-state index is 0.560. The third kappa shape index (κ3) is 2.58. The van der Waals surface area contributed by atoms with E-state index in [4.69, 9.17) is 4.74 Å². The van der Waals surface area contributed by atoms with Crippen molar-refractivity contribution in [3.8, 4) is 11.5 Å². The second-order valence-corrected chi connectivity index (χ2v) is 5.57. The maximum Gasteiger partial charge on any atom is 0.165 e. The van der Waals surface area contributed by atoms with Crippen molar-refractivity contribution in [2.45, 2.75) is 31.7 Å². The molecule has 0 saturated heterocycles. The molecule has 2 aromatic rings. The lowest BCUT2D eigenvalue weighted by atomic mass is 10.3. The third-order valence-electron chi connectivity index (χ3n) is 3.31. The molecule has 0 bridgehead atoms. The Bertz CT molecular complexity index is 532. The van der Waals surface area contributed by atoms with Crippen LogP contribution in [-0.4, -0.2) is 9.78 Å². The summed E-state index contributed by atoms with van der Waals surface area (Å²) in [4.78, 5) is 0. The van der Waals surface area contributed by atoms with E-state index in [2.05, 4.69) is 21.0 Å². The predicted octanol–water partition coefficient (Wildman–Crippen LogP) is 4.55. The molecule has 4 heteroatoms. The molecule has 1 fully saturated rings. The largest absolute Gasteiger partial charge is 0.454 e. The van der Waals surface area contributed by atoms with Crippen LogP contribution in [0.25, 0.3) is 0 Å². The van der Waals surface area contributed by atoms with Crippen LogP contribution in [0.15, 0.2) is 41.1 Å². The normalized spacial score (nSPS) is 16.1. The van der Waals surface area contributed by atoms with E-state index in [9.17, 15) is 0 Å². The van der Waals surface area contributed by atoms with Gasteiger partial charge in [0, 0.05) is 4.47 Å². The van der Waals surface area contributed by atoms with Crippen LogP contribution in [-0.2, 0) is 0 Å². The summed E-state index contributed by atoms with van der Waals surface area (Å²) in [5.41, 5.74) is 0. The summed E-state index contributed by atoms with van der Waals surface area (Å²) < 4.78 is 8.84. The Morgan fingerprint density at radius 1 is 1.22 bits per heavy atom. The fourth-order valence-electron chi connectivity index (χ4n) is 2.41. The van der Waals surface area contributed by atoms with Gasteiger partial charge in [-0.25, -0.2) is 0 Å². The van der Waals surface area contributed by atoms with Gasteiger partial charge in [0.05, 0.1) is 18.4 Å². The van der Waals surface area contributed by atoms with Crippen molar-refractivity contribution in [1.82, 2.24) is 9.78 Å². The maximum absolute atomic E-state index is 5.79. The Kier molecular flexibility index (Phi) is 3.37. The first-order chi connectivity index (χ1) is 8.81. The second-order valence-electron chi connectivity index (χ2n) is 4.65. The standard InChI is InChI=1S/C14H15BrN2O/c15-11-4-3-7-13(8-11)18-14-9-16-17(10-14)12-5-1-2-6-12/h3-4,7-10,12H,1-2,5-6H2. The first-order valence-electron chi connectivity index (χ1n) is 6.29. The fraction of sp³-hybridized carbons (Fsp3) is 0.357. The minimum Gasteiger partial charge on any atom is -0.454 e. The van der Waals surface area contributed by atoms with E-state index < -0.39 is 0 Å². The van der Waals surface area contributed by atoms with Crippen LogP contribution in [0.5, 0.6) is 11.5 Å². The van der Waals surface area contributed by atoms with Gasteiger partial charge in [-0.3, -0.25) is 4.68 Å². The lowest BCUT2D eigenvalue weighted by Crippen LogP contribution is -2.04. The number of hydrogen-bond donors (Lipinski definition) is 0. The Morgan fingerprint density at radius 3 is 2.83 bits per heavy atom. The zero-order valence-corrected chi connectivity index (χ0v) is 11.6. The summed E-state index contributed by atoms with van der Waals surface area (Å²) in [6.07, 6.45) is 8.88. The zero-order chi connectivity index (χ0) is 12.4. The van der Waals surface area contributed by atoms with Crippen molar-refractivity contribution >= 4 is 15.9 Å². The smallest absolute Gasteiger partial charge is 0.165 e. The lowest BCUT2D eigenvalue weighted by molar-refractivity contribution is 0.456. The third-order valence-corrected chi connectivity index (χ3v) is 3.80. The molecule has 94 valence electrons. The summed E-state index contributed by atoms with van der Waals surface area (Å²) in [5.74, 6) is 1.63. The van der Waals surface area contributed by atoms with Crippen LogP contribution < -0.4 is 4.74 Å². The van der Waals surface area contributed by atoms with Gasteiger partial charge in [0.1, 0.15) is 5.75 Å². The predicted molar refractivity (Wildman–Crippen MR) is 73.9 cm³/mol. The fourth-order valence-corrected chi connectivity index (χ4v) is 2.79. The average Bonchev–Trinajstić information content (AvgIpc) is 2.98. The van der Waals surface area contributed by atoms with Crippen molar-refractivity contribution < 1.29 is 4.74 Å². The highest BCUT2D eigenvalue weighted by molar-refractivity contribution is 9.10. The number of benzene rings is 1. The summed E-state index contributed by atoms with van der Waals surface area (Å²) >= 11 is 3.43. The first kappa shape index (κ1) is 11.8. The molecule has 1 heterocycles. The molecule has 0 radical (unpaired) electrons. The summed E-state index contributed by atoms with van der Waals surface area (Å²) in [6.45, 7) is 0. The lowest BCUT2D eigenvalue weighted by Gasteiger charge is -2.08. The van der Waals surface area contributed by atoms with Gasteiger partial charge in [0.15, 0.2) is 5.75 Å². The zero-order valence-electron chi connectivity index (χ0n) is 10.1. The van der Waals surface area contributed by atoms with Crippen molar-refractivity contribution in [2.24, 2.45) is 0 Å². The molecule has 3 nitrogen and oxygen atoms in total. The molecule has 0 N–H and O–H groups in total. The van der Waals surface area contributed by atoms with Gasteiger partial charge in [-0.15, -0.1) is 0 Å². The van der Waals surface area contributed by atoms with Gasteiger partial charge in [-0.2, -0.15) is 5.10 Å². The highest BCUT2D eigenvalue weighted by atomic mass is 79.9. The van der Waals surface area contributed by atoms with Crippen molar-refractivity contribution in [3.63, 3.8) is 0 Å². The van der Waals surface area contributed by atoms with Crippen LogP contribution in [0.2, 0.25) is 0 Å². The summed E-state index contributed by atoms with van der Waals surface area (Å²) in [7, 11) is 0. The minimum absolute atomic E-state index is 0.560. The van der Waals surface area contributed by atoms with Crippen LogP contribution in [0.4, 0.5) is 0 Å². The molecule has 0 amide bonds. The molecule has 0 spiro atoms. The van der Waals surface area contributed by atoms with Crippen LogP contribution in [0.3, 0.4) is 0 Å². The second kappa shape index (κ2) is 5.14. The van der Waals surface area contributed by atoms with Crippen LogP contribution in [0.1, 0.15) is 31.7 Å². The molecule has 18 heavy (non-hydrogen) atoms. The Labute approximate surface area is 115 Å². The summed E-state index contributed by atoms with van der Waals surface area (Å²) in [5, 5.41) is 4.40. The number of halogens is 1. The van der Waals surface area contributed by atoms with Crippen molar-refractivity contribution in [1.29, 1.82) is 0 Å². The van der Waals surface area contributed by atoms with Gasteiger partial charge in [-0.05, 0) is 31.0 Å². The van der Waals surface area contributed by atoms with E-state index in [1.54, 1.807) is 6.20 Å². The van der Waals surface area contributed by atoms with Crippen LogP contribution >= 0.6 is 15.9 Å². The molecular weight excluding hydrogens is 292 g/mol. The Balaban J connectivity index is 1.73. The average molecular weight is 307 g/mol. The van der Waals surface area contributed by atoms with E-state index >= 15 is 0 Å². The van der Waals surface area contributed by atoms with E-state index in [1.165, 1.54) is 25.7 Å².